The average molecular weight is 208 g/mol. The summed E-state index contributed by atoms with van der Waals surface area (Å²) >= 11 is 0. The van der Waals surface area contributed by atoms with E-state index in [9.17, 15) is 4.79 Å². The second-order valence-electron chi connectivity index (χ2n) is 3.77. The van der Waals surface area contributed by atoms with E-state index >= 15 is 0 Å². The van der Waals surface area contributed by atoms with Gasteiger partial charge in [-0.3, -0.25) is 4.79 Å². The van der Waals surface area contributed by atoms with Gasteiger partial charge in [0.25, 0.3) is 0 Å². The molecule has 0 spiro atoms. The molecule has 0 aliphatic rings. The molecule has 1 aromatic heterocycles. The van der Waals surface area contributed by atoms with Crippen LogP contribution in [0.4, 0.5) is 0 Å². The van der Waals surface area contributed by atoms with E-state index in [0.717, 1.165) is 5.69 Å². The number of nitrogens with zero attached hydrogens (tertiary/aromatic N) is 4. The first-order valence-corrected chi connectivity index (χ1v) is 4.81. The van der Waals surface area contributed by atoms with Gasteiger partial charge >= 0.3 is 0 Å². The van der Waals surface area contributed by atoms with Crippen LogP contribution in [0.15, 0.2) is 17.2 Å². The maximum Gasteiger partial charge on any atom is 0.236 e. The molecule has 1 heterocycles. The zero-order chi connectivity index (χ0) is 11.4. The lowest BCUT2D eigenvalue weighted by Gasteiger charge is -2.07. The molecule has 0 aromatic carbocycles. The van der Waals surface area contributed by atoms with Crippen molar-refractivity contribution < 1.29 is 4.79 Å². The van der Waals surface area contributed by atoms with E-state index in [1.807, 2.05) is 19.9 Å². The van der Waals surface area contributed by atoms with Crippen LogP contribution >= 0.6 is 0 Å². The Labute approximate surface area is 89.0 Å². The van der Waals surface area contributed by atoms with Gasteiger partial charge in [0.1, 0.15) is 0 Å². The van der Waals surface area contributed by atoms with E-state index in [0.29, 0.717) is 17.8 Å². The molecule has 82 valence electrons. The molecule has 0 aliphatic heterocycles. The maximum absolute atomic E-state index is 10.8. The van der Waals surface area contributed by atoms with Crippen LogP contribution in [-0.4, -0.2) is 35.3 Å². The van der Waals surface area contributed by atoms with E-state index in [2.05, 4.69) is 10.2 Å². The van der Waals surface area contributed by atoms with Crippen LogP contribution in [0.1, 0.15) is 25.5 Å². The van der Waals surface area contributed by atoms with Gasteiger partial charge in [-0.15, -0.1) is 0 Å². The summed E-state index contributed by atoms with van der Waals surface area (Å²) < 4.78 is 1.25. The van der Waals surface area contributed by atoms with E-state index in [4.69, 9.17) is 0 Å². The molecule has 0 N–H and O–H groups in total. The fourth-order valence-corrected chi connectivity index (χ4v) is 1.11. The third-order valence-corrected chi connectivity index (χ3v) is 1.85. The van der Waals surface area contributed by atoms with Gasteiger partial charge in [-0.25, -0.2) is 0 Å². The van der Waals surface area contributed by atoms with Gasteiger partial charge in [0, 0.05) is 14.1 Å². The summed E-state index contributed by atoms with van der Waals surface area (Å²) in [5, 5.41) is 9.94. The van der Waals surface area contributed by atoms with E-state index in [1.165, 1.54) is 4.68 Å². The highest BCUT2D eigenvalue weighted by Crippen LogP contribution is 2.07. The highest BCUT2D eigenvalue weighted by Gasteiger charge is 2.02. The number of carbonyl (C=O) groups is 1. The fraction of sp³-hybridized carbons (Fsp3) is 0.500. The Morgan fingerprint density at radius 1 is 1.47 bits per heavy atom. The molecule has 0 atom stereocenters. The average Bonchev–Trinajstić information content (AvgIpc) is 2.17. The Morgan fingerprint density at radius 2 is 2.13 bits per heavy atom. The SMILES string of the molecule is CC(C)c1cc/c(=N/N(C)C)n(C=O)n1. The molecule has 5 nitrogen and oxygen atoms in total. The number of rotatable bonds is 3. The minimum Gasteiger partial charge on any atom is -0.301 e. The second-order valence-corrected chi connectivity index (χ2v) is 3.77. The van der Waals surface area contributed by atoms with E-state index < -0.39 is 0 Å². The van der Waals surface area contributed by atoms with Gasteiger partial charge in [-0.05, 0) is 18.1 Å². The zero-order valence-electron chi connectivity index (χ0n) is 9.51. The lowest BCUT2D eigenvalue weighted by atomic mass is 10.1. The zero-order valence-corrected chi connectivity index (χ0v) is 9.51. The minimum atomic E-state index is 0.296. The Morgan fingerprint density at radius 3 is 2.60 bits per heavy atom. The fourth-order valence-electron chi connectivity index (χ4n) is 1.11. The van der Waals surface area contributed by atoms with Crippen molar-refractivity contribution in [3.8, 4) is 0 Å². The first-order valence-electron chi connectivity index (χ1n) is 4.81. The molecule has 15 heavy (non-hydrogen) atoms. The van der Waals surface area contributed by atoms with E-state index in [1.54, 1.807) is 25.2 Å². The van der Waals surface area contributed by atoms with Crippen molar-refractivity contribution in [3.05, 3.63) is 23.3 Å². The van der Waals surface area contributed by atoms with Crippen LogP contribution in [0.2, 0.25) is 0 Å². The molecular formula is C10H16N4O. The number of hydrogen-bond donors (Lipinski definition) is 0. The van der Waals surface area contributed by atoms with Gasteiger partial charge < -0.3 is 5.01 Å². The van der Waals surface area contributed by atoms with Gasteiger partial charge in [0.15, 0.2) is 5.49 Å². The smallest absolute Gasteiger partial charge is 0.236 e. The molecule has 0 saturated carbocycles. The van der Waals surface area contributed by atoms with E-state index in [-0.39, 0.29) is 0 Å². The molecule has 0 saturated heterocycles. The molecular weight excluding hydrogens is 192 g/mol. The number of aromatic nitrogens is 2. The Balaban J connectivity index is 3.27. The summed E-state index contributed by atoms with van der Waals surface area (Å²) in [5.74, 6) is 0.296. The van der Waals surface area contributed by atoms with Gasteiger partial charge in [0.2, 0.25) is 6.41 Å². The van der Waals surface area contributed by atoms with Crippen molar-refractivity contribution in [1.82, 2.24) is 14.8 Å². The first kappa shape index (κ1) is 11.4. The van der Waals surface area contributed by atoms with Gasteiger partial charge in [-0.2, -0.15) is 14.9 Å². The summed E-state index contributed by atoms with van der Waals surface area (Å²) in [6.45, 7) is 4.06. The van der Waals surface area contributed by atoms with Crippen LogP contribution in [0.3, 0.4) is 0 Å². The topological polar surface area (TPSA) is 50.5 Å². The van der Waals surface area contributed by atoms with Crippen molar-refractivity contribution in [1.29, 1.82) is 0 Å². The van der Waals surface area contributed by atoms with Gasteiger partial charge in [0.05, 0.1) is 5.69 Å². The molecule has 1 aromatic rings. The largest absolute Gasteiger partial charge is 0.301 e. The first-order chi connectivity index (χ1) is 7.04. The third kappa shape index (κ3) is 2.90. The van der Waals surface area contributed by atoms with Crippen LogP contribution in [-0.2, 0) is 4.79 Å². The van der Waals surface area contributed by atoms with Gasteiger partial charge in [-0.1, -0.05) is 13.8 Å². The Bertz CT molecular complexity index is 406. The standard InChI is InChI=1S/C10H16N4O/c1-8(2)9-5-6-10(12-13(3)4)14(7-15)11-9/h5-8H,1-4H3/b12-10-. The highest BCUT2D eigenvalue weighted by molar-refractivity contribution is 5.49. The molecule has 0 aliphatic carbocycles. The van der Waals surface area contributed by atoms with Crippen LogP contribution in [0.5, 0.6) is 0 Å². The normalized spacial score (nSPS) is 11.9. The molecule has 1 rings (SSSR count). The van der Waals surface area contributed by atoms with Crippen molar-refractivity contribution >= 4 is 6.41 Å². The minimum absolute atomic E-state index is 0.296. The summed E-state index contributed by atoms with van der Waals surface area (Å²) in [6, 6.07) is 3.67. The lowest BCUT2D eigenvalue weighted by molar-refractivity contribution is 0.410. The monoisotopic (exact) mass is 208 g/mol. The maximum atomic E-state index is 10.8. The van der Waals surface area contributed by atoms with Crippen LogP contribution < -0.4 is 5.49 Å². The highest BCUT2D eigenvalue weighted by atomic mass is 16.1. The number of hydrogen-bond acceptors (Lipinski definition) is 4. The molecule has 0 unspecified atom stereocenters. The summed E-state index contributed by atoms with van der Waals surface area (Å²) in [4.78, 5) is 10.8. The Kier molecular flexibility index (Phi) is 3.60. The predicted molar refractivity (Wildman–Crippen MR) is 57.7 cm³/mol. The predicted octanol–water partition coefficient (Wildman–Crippen LogP) is 0.422. The molecule has 5 heteroatoms. The van der Waals surface area contributed by atoms with Crippen LogP contribution in [0, 0.1) is 0 Å². The lowest BCUT2D eigenvalue weighted by Crippen LogP contribution is -2.27. The molecule has 0 amide bonds. The molecule has 0 bridgehead atoms. The summed E-state index contributed by atoms with van der Waals surface area (Å²) in [5.41, 5.74) is 1.40. The quantitative estimate of drug-likeness (QED) is 0.534. The third-order valence-electron chi connectivity index (χ3n) is 1.85. The summed E-state index contributed by atoms with van der Waals surface area (Å²) in [7, 11) is 3.59. The Hall–Kier alpha value is -1.65. The van der Waals surface area contributed by atoms with Crippen molar-refractivity contribution in [2.45, 2.75) is 19.8 Å². The van der Waals surface area contributed by atoms with Crippen molar-refractivity contribution in [3.63, 3.8) is 0 Å². The van der Waals surface area contributed by atoms with Crippen LogP contribution in [0.25, 0.3) is 0 Å². The summed E-state index contributed by atoms with van der Waals surface area (Å²) in [6.07, 6.45) is 0.661. The number of carbonyl (C=O) groups excluding carboxylic acids is 1. The van der Waals surface area contributed by atoms with Crippen molar-refractivity contribution in [2.75, 3.05) is 14.1 Å². The second kappa shape index (κ2) is 4.72. The molecule has 0 fully saturated rings. The van der Waals surface area contributed by atoms with Crippen molar-refractivity contribution in [2.24, 2.45) is 5.10 Å². The molecule has 0 radical (unpaired) electrons.